The highest BCUT2D eigenvalue weighted by molar-refractivity contribution is 7.87. The van der Waals surface area contributed by atoms with Crippen molar-refractivity contribution in [1.82, 2.24) is 0 Å². The molecule has 82 valence electrons. The van der Waals surface area contributed by atoms with Crippen LogP contribution >= 0.6 is 0 Å². The second-order valence-corrected chi connectivity index (χ2v) is 4.40. The van der Waals surface area contributed by atoms with E-state index in [1.165, 1.54) is 12.1 Å². The number of benzene rings is 1. The van der Waals surface area contributed by atoms with Gasteiger partial charge in [-0.1, -0.05) is 19.1 Å². The van der Waals surface area contributed by atoms with Crippen molar-refractivity contribution < 1.29 is 17.4 Å². The molecule has 0 aliphatic heterocycles. The van der Waals surface area contributed by atoms with Crippen LogP contribution in [0, 0.1) is 0 Å². The Hall–Kier alpha value is -1.56. The van der Waals surface area contributed by atoms with Gasteiger partial charge in [0.2, 0.25) is 0 Å². The first-order chi connectivity index (χ1) is 6.95. The van der Waals surface area contributed by atoms with E-state index in [1.807, 2.05) is 6.92 Å². The molecule has 6 heteroatoms. The molecule has 1 aromatic carbocycles. The maximum atomic E-state index is 11.3. The van der Waals surface area contributed by atoms with E-state index in [1.54, 1.807) is 12.1 Å². The van der Waals surface area contributed by atoms with Crippen molar-refractivity contribution in [1.29, 1.82) is 0 Å². The molecule has 0 fully saturated rings. The SMILES string of the molecule is CCc1ccc(S(=O)(=O)OC(N)=O)cc1. The number of hydrogen-bond donors (Lipinski definition) is 1. The van der Waals surface area contributed by atoms with Gasteiger partial charge >= 0.3 is 16.2 Å². The number of aryl methyl sites for hydroxylation is 1. The van der Waals surface area contributed by atoms with Crippen molar-refractivity contribution >= 4 is 16.2 Å². The van der Waals surface area contributed by atoms with E-state index in [0.717, 1.165) is 12.0 Å². The largest absolute Gasteiger partial charge is 0.420 e. The first-order valence-electron chi connectivity index (χ1n) is 4.28. The Bertz CT molecular complexity index is 450. The maximum Gasteiger partial charge on any atom is 0.420 e. The fourth-order valence-electron chi connectivity index (χ4n) is 1.05. The first-order valence-corrected chi connectivity index (χ1v) is 5.69. The second-order valence-electron chi connectivity index (χ2n) is 2.85. The molecule has 1 amide bonds. The van der Waals surface area contributed by atoms with E-state index in [9.17, 15) is 13.2 Å². The Morgan fingerprint density at radius 2 is 1.87 bits per heavy atom. The van der Waals surface area contributed by atoms with Gasteiger partial charge in [0, 0.05) is 0 Å². The van der Waals surface area contributed by atoms with Crippen molar-refractivity contribution in [2.45, 2.75) is 18.2 Å². The van der Waals surface area contributed by atoms with Crippen LogP contribution in [0.1, 0.15) is 12.5 Å². The van der Waals surface area contributed by atoms with Crippen molar-refractivity contribution in [2.24, 2.45) is 5.73 Å². The highest BCUT2D eigenvalue weighted by atomic mass is 32.2. The number of hydrogen-bond acceptors (Lipinski definition) is 4. The Balaban J connectivity index is 3.01. The first kappa shape index (κ1) is 11.5. The molecular formula is C9H11NO4S. The van der Waals surface area contributed by atoms with Gasteiger partial charge < -0.3 is 9.92 Å². The molecule has 1 aromatic rings. The zero-order valence-electron chi connectivity index (χ0n) is 8.14. The molecule has 0 bridgehead atoms. The van der Waals surface area contributed by atoms with Crippen molar-refractivity contribution in [3.63, 3.8) is 0 Å². The molecule has 5 nitrogen and oxygen atoms in total. The lowest BCUT2D eigenvalue weighted by molar-refractivity contribution is 0.212. The normalized spacial score (nSPS) is 11.0. The van der Waals surface area contributed by atoms with Crippen molar-refractivity contribution in [2.75, 3.05) is 0 Å². The van der Waals surface area contributed by atoms with Crippen LogP contribution < -0.4 is 5.73 Å². The molecule has 0 saturated carbocycles. The van der Waals surface area contributed by atoms with Gasteiger partial charge in [-0.05, 0) is 24.1 Å². The number of carbonyl (C=O) groups excluding carboxylic acids is 1. The summed E-state index contributed by atoms with van der Waals surface area (Å²) in [7, 11) is -4.06. The zero-order valence-corrected chi connectivity index (χ0v) is 8.95. The van der Waals surface area contributed by atoms with Gasteiger partial charge in [-0.3, -0.25) is 0 Å². The summed E-state index contributed by atoms with van der Waals surface area (Å²) in [5, 5.41) is 0. The van der Waals surface area contributed by atoms with Crippen LogP contribution in [0.25, 0.3) is 0 Å². The number of nitrogens with two attached hydrogens (primary N) is 1. The molecule has 0 radical (unpaired) electrons. The zero-order chi connectivity index (χ0) is 11.5. The third-order valence-corrected chi connectivity index (χ3v) is 3.05. The number of rotatable bonds is 3. The minimum Gasteiger partial charge on any atom is -0.334 e. The molecule has 0 aromatic heterocycles. The van der Waals surface area contributed by atoms with Crippen LogP contribution in [0.2, 0.25) is 0 Å². The third kappa shape index (κ3) is 2.95. The lowest BCUT2D eigenvalue weighted by Gasteiger charge is -2.03. The summed E-state index contributed by atoms with van der Waals surface area (Å²) < 4.78 is 26.6. The molecule has 0 heterocycles. The van der Waals surface area contributed by atoms with Gasteiger partial charge in [0.05, 0.1) is 0 Å². The van der Waals surface area contributed by atoms with E-state index in [0.29, 0.717) is 0 Å². The predicted octanol–water partition coefficient (Wildman–Crippen LogP) is 1.03. The molecule has 0 aliphatic carbocycles. The summed E-state index contributed by atoms with van der Waals surface area (Å²) >= 11 is 0. The fourth-order valence-corrected chi connectivity index (χ4v) is 1.83. The fraction of sp³-hybridized carbons (Fsp3) is 0.222. The summed E-state index contributed by atoms with van der Waals surface area (Å²) in [5.74, 6) is 0. The molecule has 2 N–H and O–H groups in total. The van der Waals surface area contributed by atoms with Crippen LogP contribution in [0.4, 0.5) is 4.79 Å². The van der Waals surface area contributed by atoms with Gasteiger partial charge in [0.25, 0.3) is 0 Å². The predicted molar refractivity (Wildman–Crippen MR) is 53.7 cm³/mol. The number of amides is 1. The molecule has 0 spiro atoms. The quantitative estimate of drug-likeness (QED) is 0.784. The van der Waals surface area contributed by atoms with Crippen LogP contribution in [0.3, 0.4) is 0 Å². The lowest BCUT2D eigenvalue weighted by Crippen LogP contribution is -2.18. The Morgan fingerprint density at radius 3 is 2.27 bits per heavy atom. The van der Waals surface area contributed by atoms with E-state index in [4.69, 9.17) is 0 Å². The van der Waals surface area contributed by atoms with E-state index in [-0.39, 0.29) is 4.90 Å². The summed E-state index contributed by atoms with van der Waals surface area (Å²) in [6, 6.07) is 6.04. The van der Waals surface area contributed by atoms with E-state index >= 15 is 0 Å². The van der Waals surface area contributed by atoms with Gasteiger partial charge in [-0.25, -0.2) is 4.79 Å². The smallest absolute Gasteiger partial charge is 0.334 e. The summed E-state index contributed by atoms with van der Waals surface area (Å²) in [6.07, 6.45) is -0.536. The van der Waals surface area contributed by atoms with Crippen molar-refractivity contribution in [3.05, 3.63) is 29.8 Å². The standard InChI is InChI=1S/C9H11NO4S/c1-2-7-3-5-8(6-4-7)15(12,13)14-9(10)11/h3-6H,2H2,1H3,(H2,10,11). The van der Waals surface area contributed by atoms with Gasteiger partial charge in [-0.15, -0.1) is 0 Å². The van der Waals surface area contributed by atoms with Gasteiger partial charge in [0.15, 0.2) is 0 Å². The van der Waals surface area contributed by atoms with E-state index in [2.05, 4.69) is 9.92 Å². The highest BCUT2D eigenvalue weighted by Gasteiger charge is 2.17. The second kappa shape index (κ2) is 4.31. The average Bonchev–Trinajstić information content (AvgIpc) is 2.16. The van der Waals surface area contributed by atoms with Crippen LogP contribution in [-0.4, -0.2) is 14.5 Å². The highest BCUT2D eigenvalue weighted by Crippen LogP contribution is 2.13. The average molecular weight is 229 g/mol. The minimum atomic E-state index is -4.06. The molecule has 0 atom stereocenters. The molecule has 0 unspecified atom stereocenters. The topological polar surface area (TPSA) is 86.5 Å². The van der Waals surface area contributed by atoms with Crippen LogP contribution in [-0.2, 0) is 20.7 Å². The Kier molecular flexibility index (Phi) is 3.31. The molecule has 1 rings (SSSR count). The molecule has 15 heavy (non-hydrogen) atoms. The van der Waals surface area contributed by atoms with Crippen LogP contribution in [0.15, 0.2) is 29.2 Å². The summed E-state index contributed by atoms with van der Waals surface area (Å²) in [4.78, 5) is 10.2. The summed E-state index contributed by atoms with van der Waals surface area (Å²) in [6.45, 7) is 1.95. The maximum absolute atomic E-state index is 11.3. The molecule has 0 saturated heterocycles. The van der Waals surface area contributed by atoms with E-state index < -0.39 is 16.2 Å². The Morgan fingerprint density at radius 1 is 1.33 bits per heavy atom. The molecular weight excluding hydrogens is 218 g/mol. The monoisotopic (exact) mass is 229 g/mol. The van der Waals surface area contributed by atoms with Crippen LogP contribution in [0.5, 0.6) is 0 Å². The van der Waals surface area contributed by atoms with Gasteiger partial charge in [-0.2, -0.15) is 8.42 Å². The third-order valence-electron chi connectivity index (χ3n) is 1.81. The minimum absolute atomic E-state index is 0.0847. The summed E-state index contributed by atoms with van der Waals surface area (Å²) in [5.41, 5.74) is 5.63. The molecule has 0 aliphatic rings. The number of carbonyl (C=O) groups is 1. The number of primary amides is 1. The van der Waals surface area contributed by atoms with Gasteiger partial charge in [0.1, 0.15) is 4.90 Å². The van der Waals surface area contributed by atoms with Crippen molar-refractivity contribution in [3.8, 4) is 0 Å². The lowest BCUT2D eigenvalue weighted by atomic mass is 10.2. The Labute approximate surface area is 88.0 Å².